The molecule has 0 aliphatic rings. The second-order valence-electron chi connectivity index (χ2n) is 5.43. The van der Waals surface area contributed by atoms with Crippen LogP contribution >= 0.6 is 0 Å². The summed E-state index contributed by atoms with van der Waals surface area (Å²) in [5.41, 5.74) is -0.110. The molecule has 0 saturated carbocycles. The van der Waals surface area contributed by atoms with Crippen LogP contribution in [0.2, 0.25) is 0 Å². The van der Waals surface area contributed by atoms with E-state index in [1.165, 1.54) is 6.92 Å². The van der Waals surface area contributed by atoms with Crippen LogP contribution in [-0.2, 0) is 14.8 Å². The molecule has 1 N–H and O–H groups in total. The van der Waals surface area contributed by atoms with E-state index in [1.54, 1.807) is 0 Å². The average molecular weight is 349 g/mol. The molecule has 0 heterocycles. The van der Waals surface area contributed by atoms with Crippen LogP contribution in [0.3, 0.4) is 0 Å². The molecule has 0 bridgehead atoms. The molecule has 0 radical (unpaired) electrons. The van der Waals surface area contributed by atoms with E-state index in [4.69, 9.17) is 0 Å². The molecule has 0 spiro atoms. The van der Waals surface area contributed by atoms with Crippen LogP contribution in [0.25, 0.3) is 0 Å². The van der Waals surface area contributed by atoms with Gasteiger partial charge >= 0.3 is 0 Å². The number of carbonyl (C=O) groups excluding carboxylic acids is 1. The van der Waals surface area contributed by atoms with E-state index in [2.05, 4.69) is 5.32 Å². The first-order valence-corrected chi connectivity index (χ1v) is 8.75. The lowest BCUT2D eigenvalue weighted by Crippen LogP contribution is -2.48. The van der Waals surface area contributed by atoms with Gasteiger partial charge in [-0.2, -0.15) is 0 Å². The fourth-order valence-electron chi connectivity index (χ4n) is 1.98. The predicted molar refractivity (Wildman–Crippen MR) is 84.7 cm³/mol. The zero-order chi connectivity index (χ0) is 17.8. The van der Waals surface area contributed by atoms with Gasteiger partial charge in [0.2, 0.25) is 15.9 Å². The Hall–Kier alpha value is -1.74. The van der Waals surface area contributed by atoms with Gasteiger partial charge in [0.25, 0.3) is 0 Å². The molecule has 0 saturated heterocycles. The highest BCUT2D eigenvalue weighted by Gasteiger charge is 2.29. The highest BCUT2D eigenvalue weighted by atomic mass is 32.2. The molecule has 0 aliphatic heterocycles. The van der Waals surface area contributed by atoms with Crippen molar-refractivity contribution in [1.82, 2.24) is 10.2 Å². The van der Waals surface area contributed by atoms with Gasteiger partial charge in [-0.1, -0.05) is 0 Å². The summed E-state index contributed by atoms with van der Waals surface area (Å²) in [5, 5.41) is 2.61. The van der Waals surface area contributed by atoms with Crippen molar-refractivity contribution in [2.75, 3.05) is 37.7 Å². The summed E-state index contributed by atoms with van der Waals surface area (Å²) in [7, 11) is -0.194. The Morgan fingerprint density at radius 1 is 1.26 bits per heavy atom. The number of amides is 1. The monoisotopic (exact) mass is 349 g/mol. The molecule has 1 aromatic rings. The third-order valence-corrected chi connectivity index (χ3v) is 4.35. The maximum Gasteiger partial charge on any atom is 0.243 e. The minimum absolute atomic E-state index is 0.110. The topological polar surface area (TPSA) is 69.7 Å². The zero-order valence-corrected chi connectivity index (χ0v) is 14.3. The van der Waals surface area contributed by atoms with Crippen LogP contribution in [-0.4, -0.2) is 58.7 Å². The van der Waals surface area contributed by atoms with E-state index in [-0.39, 0.29) is 5.69 Å². The fraction of sp³-hybridized carbons (Fsp3) is 0.500. The molecule has 130 valence electrons. The summed E-state index contributed by atoms with van der Waals surface area (Å²) < 4.78 is 51.1. The van der Waals surface area contributed by atoms with E-state index in [9.17, 15) is 22.0 Å². The maximum atomic E-state index is 13.4. The lowest BCUT2D eigenvalue weighted by atomic mass is 10.2. The van der Waals surface area contributed by atoms with Crippen molar-refractivity contribution in [2.24, 2.45) is 0 Å². The van der Waals surface area contributed by atoms with Crippen molar-refractivity contribution in [1.29, 1.82) is 0 Å². The van der Waals surface area contributed by atoms with Crippen molar-refractivity contribution in [3.63, 3.8) is 0 Å². The Morgan fingerprint density at radius 3 is 2.35 bits per heavy atom. The molecule has 1 rings (SSSR count). The fourth-order valence-corrected chi connectivity index (χ4v) is 3.15. The zero-order valence-electron chi connectivity index (χ0n) is 13.5. The Bertz CT molecular complexity index is 665. The number of nitrogens with one attached hydrogen (secondary N) is 1. The Morgan fingerprint density at radius 2 is 1.87 bits per heavy atom. The number of halogens is 2. The summed E-state index contributed by atoms with van der Waals surface area (Å²) >= 11 is 0. The molecule has 1 amide bonds. The molecular formula is C14H21F2N3O3S. The second kappa shape index (κ2) is 7.69. The van der Waals surface area contributed by atoms with Crippen LogP contribution in [0, 0.1) is 11.6 Å². The van der Waals surface area contributed by atoms with Gasteiger partial charge in [-0.3, -0.25) is 9.10 Å². The van der Waals surface area contributed by atoms with Crippen LogP contribution in [0.5, 0.6) is 0 Å². The van der Waals surface area contributed by atoms with E-state index < -0.39 is 33.6 Å². The second-order valence-corrected chi connectivity index (χ2v) is 7.29. The first-order valence-electron chi connectivity index (χ1n) is 6.91. The highest BCUT2D eigenvalue weighted by molar-refractivity contribution is 7.92. The number of sulfonamides is 1. The lowest BCUT2D eigenvalue weighted by molar-refractivity contribution is -0.121. The number of likely N-dealkylation sites (N-methyl/N-ethyl adjacent to an activating group) is 1. The normalized spacial score (nSPS) is 13.0. The smallest absolute Gasteiger partial charge is 0.243 e. The quantitative estimate of drug-likeness (QED) is 0.790. The van der Waals surface area contributed by atoms with Gasteiger partial charge in [0.15, 0.2) is 11.6 Å². The van der Waals surface area contributed by atoms with Crippen molar-refractivity contribution in [3.8, 4) is 0 Å². The summed E-state index contributed by atoms with van der Waals surface area (Å²) in [6.07, 6.45) is 0.901. The lowest BCUT2D eigenvalue weighted by Gasteiger charge is -2.28. The van der Waals surface area contributed by atoms with Crippen LogP contribution < -0.4 is 9.62 Å². The average Bonchev–Trinajstić information content (AvgIpc) is 2.40. The van der Waals surface area contributed by atoms with Gasteiger partial charge in [0.05, 0.1) is 11.9 Å². The summed E-state index contributed by atoms with van der Waals surface area (Å²) in [5.74, 6) is -2.80. The minimum Gasteiger partial charge on any atom is -0.353 e. The number of carbonyl (C=O) groups is 1. The molecule has 6 nitrogen and oxygen atoms in total. The minimum atomic E-state index is -3.86. The number of hydrogen-bond acceptors (Lipinski definition) is 4. The largest absolute Gasteiger partial charge is 0.353 e. The van der Waals surface area contributed by atoms with Crippen molar-refractivity contribution in [3.05, 3.63) is 29.8 Å². The van der Waals surface area contributed by atoms with Crippen molar-refractivity contribution >= 4 is 21.6 Å². The van der Waals surface area contributed by atoms with E-state index in [1.807, 2.05) is 19.0 Å². The van der Waals surface area contributed by atoms with Gasteiger partial charge in [-0.05, 0) is 33.2 Å². The van der Waals surface area contributed by atoms with E-state index in [0.717, 1.165) is 28.8 Å². The van der Waals surface area contributed by atoms with Crippen LogP contribution in [0.15, 0.2) is 18.2 Å². The molecule has 1 aromatic carbocycles. The maximum absolute atomic E-state index is 13.4. The molecule has 9 heteroatoms. The summed E-state index contributed by atoms with van der Waals surface area (Å²) in [6, 6.07) is 1.58. The van der Waals surface area contributed by atoms with E-state index in [0.29, 0.717) is 13.1 Å². The number of nitrogens with zero attached hydrogens (tertiary/aromatic N) is 2. The summed E-state index contributed by atoms with van der Waals surface area (Å²) in [4.78, 5) is 14.0. The number of hydrogen-bond donors (Lipinski definition) is 1. The number of rotatable bonds is 7. The van der Waals surface area contributed by atoms with Crippen molar-refractivity contribution < 1.29 is 22.0 Å². The van der Waals surface area contributed by atoms with Crippen molar-refractivity contribution in [2.45, 2.75) is 13.0 Å². The predicted octanol–water partition coefficient (Wildman–Crippen LogP) is 0.797. The summed E-state index contributed by atoms with van der Waals surface area (Å²) in [6.45, 7) is 2.31. The van der Waals surface area contributed by atoms with Gasteiger partial charge in [0, 0.05) is 19.2 Å². The molecule has 1 atom stereocenters. The Balaban J connectivity index is 3.02. The third-order valence-electron chi connectivity index (χ3n) is 3.10. The van der Waals surface area contributed by atoms with Gasteiger partial charge < -0.3 is 10.2 Å². The highest BCUT2D eigenvalue weighted by Crippen LogP contribution is 2.23. The van der Waals surface area contributed by atoms with Gasteiger partial charge in [0.1, 0.15) is 6.04 Å². The van der Waals surface area contributed by atoms with Gasteiger partial charge in [-0.15, -0.1) is 0 Å². The number of anilines is 1. The number of benzene rings is 1. The first-order chi connectivity index (χ1) is 10.5. The molecule has 1 unspecified atom stereocenters. The Kier molecular flexibility index (Phi) is 6.46. The van der Waals surface area contributed by atoms with Gasteiger partial charge in [-0.25, -0.2) is 17.2 Å². The molecule has 0 aliphatic carbocycles. The molecule has 0 aromatic heterocycles. The molecular weight excluding hydrogens is 328 g/mol. The van der Waals surface area contributed by atoms with Crippen LogP contribution in [0.1, 0.15) is 6.92 Å². The Labute approximate surface area is 135 Å². The molecule has 0 fully saturated rings. The third kappa shape index (κ3) is 5.43. The standard InChI is InChI=1S/C14H21F2N3O3S/c1-10(14(20)17-7-8-18(2)3)19(23(4,21)22)11-5-6-12(15)13(16)9-11/h5-6,9-10H,7-8H2,1-4H3,(H,17,20). The molecule has 23 heavy (non-hydrogen) atoms. The van der Waals surface area contributed by atoms with Crippen LogP contribution in [0.4, 0.5) is 14.5 Å². The SMILES string of the molecule is CC(C(=O)NCCN(C)C)N(c1ccc(F)c(F)c1)S(C)(=O)=O. The van der Waals surface area contributed by atoms with E-state index >= 15 is 0 Å². The first kappa shape index (κ1) is 19.3.